The van der Waals surface area contributed by atoms with Crippen LogP contribution in [-0.4, -0.2) is 44.2 Å². The van der Waals surface area contributed by atoms with Gasteiger partial charge in [0.1, 0.15) is 11.4 Å². The molecule has 1 N–H and O–H groups in total. The number of allylic oxidation sites excluding steroid dienone is 1. The molecule has 2 rings (SSSR count). The third-order valence-electron chi connectivity index (χ3n) is 3.33. The predicted octanol–water partition coefficient (Wildman–Crippen LogP) is 2.72. The minimum Gasteiger partial charge on any atom is -0.478 e. The number of aryl methyl sites for hydroxylation is 1. The zero-order valence-corrected chi connectivity index (χ0v) is 13.7. The van der Waals surface area contributed by atoms with Crippen molar-refractivity contribution in [1.29, 1.82) is 0 Å². The molecule has 0 aromatic carbocycles. The Kier molecular flexibility index (Phi) is 4.68. The van der Waals surface area contributed by atoms with E-state index in [2.05, 4.69) is 9.97 Å². The number of hydrogen-bond donors (Lipinski definition) is 1. The topological polar surface area (TPSA) is 92.6 Å². The van der Waals surface area contributed by atoms with Gasteiger partial charge in [-0.1, -0.05) is 6.08 Å². The lowest BCUT2D eigenvalue weighted by Gasteiger charge is -2.29. The summed E-state index contributed by atoms with van der Waals surface area (Å²) >= 11 is 0. The summed E-state index contributed by atoms with van der Waals surface area (Å²) in [6.45, 7) is 7.59. The molecule has 124 valence electrons. The molecule has 1 aliphatic rings. The van der Waals surface area contributed by atoms with Crippen LogP contribution in [0.5, 0.6) is 0 Å². The van der Waals surface area contributed by atoms with E-state index in [-0.39, 0.29) is 11.5 Å². The third kappa shape index (κ3) is 4.28. The maximum absolute atomic E-state index is 12.0. The Balaban J connectivity index is 2.17. The molecule has 1 atom stereocenters. The number of rotatable bonds is 2. The molecule has 0 spiro atoms. The maximum Gasteiger partial charge on any atom is 0.414 e. The second-order valence-corrected chi connectivity index (χ2v) is 6.43. The molecule has 0 aliphatic carbocycles. The molecule has 0 bridgehead atoms. The number of carboxylic acid groups (broad SMARTS) is 1. The number of carboxylic acids is 1. The van der Waals surface area contributed by atoms with Gasteiger partial charge in [-0.2, -0.15) is 0 Å². The Morgan fingerprint density at radius 3 is 2.61 bits per heavy atom. The van der Waals surface area contributed by atoms with Gasteiger partial charge in [0.2, 0.25) is 0 Å². The molecular weight excluding hydrogens is 298 g/mol. The fourth-order valence-electron chi connectivity index (χ4n) is 2.29. The van der Waals surface area contributed by atoms with E-state index in [4.69, 9.17) is 4.74 Å². The van der Waals surface area contributed by atoms with Gasteiger partial charge in [0, 0.05) is 24.9 Å². The molecule has 7 nitrogen and oxygen atoms in total. The van der Waals surface area contributed by atoms with Gasteiger partial charge in [-0.3, -0.25) is 4.90 Å². The molecule has 7 heteroatoms. The summed E-state index contributed by atoms with van der Waals surface area (Å²) in [6, 6.07) is 0. The number of hydrogen-bond acceptors (Lipinski definition) is 5. The van der Waals surface area contributed by atoms with Crippen molar-refractivity contribution >= 4 is 12.1 Å². The maximum atomic E-state index is 12.0. The number of carbonyl (C=O) groups excluding carboxylic acids is 1. The fourth-order valence-corrected chi connectivity index (χ4v) is 2.29. The van der Waals surface area contributed by atoms with E-state index in [1.54, 1.807) is 19.2 Å². The van der Waals surface area contributed by atoms with Gasteiger partial charge >= 0.3 is 12.1 Å². The Bertz CT molecular complexity index is 649. The smallest absolute Gasteiger partial charge is 0.414 e. The third-order valence-corrected chi connectivity index (χ3v) is 3.33. The summed E-state index contributed by atoms with van der Waals surface area (Å²) in [5, 5.41) is 9.27. The predicted molar refractivity (Wildman–Crippen MR) is 83.2 cm³/mol. The lowest BCUT2D eigenvalue weighted by atomic mass is 9.95. The molecule has 1 aromatic heterocycles. The van der Waals surface area contributed by atoms with Crippen LogP contribution in [0.1, 0.15) is 55.0 Å². The number of ether oxygens (including phenoxy) is 1. The van der Waals surface area contributed by atoms with Gasteiger partial charge in [0.15, 0.2) is 0 Å². The van der Waals surface area contributed by atoms with Crippen molar-refractivity contribution in [1.82, 2.24) is 14.9 Å². The van der Waals surface area contributed by atoms with E-state index in [1.165, 1.54) is 11.1 Å². The van der Waals surface area contributed by atoms with Crippen LogP contribution in [0, 0.1) is 6.92 Å². The molecule has 0 saturated carbocycles. The molecule has 0 saturated heterocycles. The molecule has 1 unspecified atom stereocenters. The first kappa shape index (κ1) is 16.9. The van der Waals surface area contributed by atoms with Gasteiger partial charge in [-0.25, -0.2) is 19.6 Å². The van der Waals surface area contributed by atoms with E-state index in [0.29, 0.717) is 24.5 Å². The first-order valence-electron chi connectivity index (χ1n) is 7.42. The van der Waals surface area contributed by atoms with Crippen molar-refractivity contribution in [2.75, 3.05) is 6.54 Å². The second-order valence-electron chi connectivity index (χ2n) is 6.43. The Labute approximate surface area is 135 Å². The van der Waals surface area contributed by atoms with Crippen molar-refractivity contribution in [2.24, 2.45) is 0 Å². The minimum atomic E-state index is -1.05. The van der Waals surface area contributed by atoms with Crippen molar-refractivity contribution in [3.63, 3.8) is 0 Å². The van der Waals surface area contributed by atoms with Crippen LogP contribution in [0.2, 0.25) is 0 Å². The highest BCUT2D eigenvalue weighted by Crippen LogP contribution is 2.27. The first-order chi connectivity index (χ1) is 10.7. The van der Waals surface area contributed by atoms with Crippen molar-refractivity contribution in [2.45, 2.75) is 45.6 Å². The largest absolute Gasteiger partial charge is 0.478 e. The van der Waals surface area contributed by atoms with Gasteiger partial charge in [0.05, 0.1) is 11.3 Å². The van der Waals surface area contributed by atoms with Crippen LogP contribution in [0.25, 0.3) is 0 Å². The highest BCUT2D eigenvalue weighted by atomic mass is 16.6. The Morgan fingerprint density at radius 1 is 1.39 bits per heavy atom. The molecule has 0 radical (unpaired) electrons. The summed E-state index contributed by atoms with van der Waals surface area (Å²) in [5.41, 5.74) is 0.0169. The zero-order valence-electron chi connectivity index (χ0n) is 13.7. The van der Waals surface area contributed by atoms with Gasteiger partial charge in [-0.15, -0.1) is 0 Å². The molecule has 23 heavy (non-hydrogen) atoms. The molecule has 1 aromatic rings. The number of aromatic nitrogens is 2. The van der Waals surface area contributed by atoms with E-state index < -0.39 is 17.7 Å². The van der Waals surface area contributed by atoms with E-state index in [0.717, 1.165) is 0 Å². The van der Waals surface area contributed by atoms with Crippen molar-refractivity contribution in [3.05, 3.63) is 35.6 Å². The van der Waals surface area contributed by atoms with Crippen molar-refractivity contribution in [3.8, 4) is 0 Å². The number of amides is 1. The summed E-state index contributed by atoms with van der Waals surface area (Å²) in [6.07, 6.45) is 4.90. The average Bonchev–Trinajstić information content (AvgIpc) is 2.45. The van der Waals surface area contributed by atoms with E-state index in [1.807, 2.05) is 20.8 Å². The number of carbonyl (C=O) groups is 2. The lowest BCUT2D eigenvalue weighted by Crippen LogP contribution is -2.36. The van der Waals surface area contributed by atoms with Crippen LogP contribution >= 0.6 is 0 Å². The molecular formula is C16H21N3O4. The van der Waals surface area contributed by atoms with Crippen molar-refractivity contribution < 1.29 is 19.4 Å². The van der Waals surface area contributed by atoms with Gasteiger partial charge in [-0.05, 0) is 34.1 Å². The minimum absolute atomic E-state index is 0.0935. The monoisotopic (exact) mass is 319 g/mol. The van der Waals surface area contributed by atoms with E-state index in [9.17, 15) is 14.7 Å². The highest BCUT2D eigenvalue weighted by Gasteiger charge is 2.27. The first-order valence-corrected chi connectivity index (χ1v) is 7.42. The van der Waals surface area contributed by atoms with Crippen LogP contribution in [0.4, 0.5) is 4.79 Å². The quantitative estimate of drug-likeness (QED) is 0.901. The average molecular weight is 319 g/mol. The van der Waals surface area contributed by atoms with Gasteiger partial charge < -0.3 is 9.84 Å². The van der Waals surface area contributed by atoms with Crippen LogP contribution in [0.3, 0.4) is 0 Å². The van der Waals surface area contributed by atoms with Crippen LogP contribution in [-0.2, 0) is 4.74 Å². The molecule has 1 amide bonds. The van der Waals surface area contributed by atoms with Crippen LogP contribution < -0.4 is 0 Å². The zero-order chi connectivity index (χ0) is 17.2. The summed E-state index contributed by atoms with van der Waals surface area (Å²) in [5.74, 6) is -0.697. The molecule has 0 fully saturated rings. The fraction of sp³-hybridized carbons (Fsp3) is 0.500. The summed E-state index contributed by atoms with van der Waals surface area (Å²) in [7, 11) is 0. The SMILES string of the molecule is Cc1ncc(C(=O)O)c(C2C=CN(C(=O)OC(C)(C)C)CC2)n1. The standard InChI is InChI=1S/C16H21N3O4/c1-10-17-9-12(14(20)21)13(18-10)11-5-7-19(8-6-11)15(22)23-16(2,3)4/h5,7,9,11H,6,8H2,1-4H3,(H,20,21). The Morgan fingerprint density at radius 2 is 2.09 bits per heavy atom. The number of nitrogens with zero attached hydrogens (tertiary/aromatic N) is 3. The second kappa shape index (κ2) is 6.36. The Hall–Kier alpha value is -2.44. The van der Waals surface area contributed by atoms with Gasteiger partial charge in [0.25, 0.3) is 0 Å². The lowest BCUT2D eigenvalue weighted by molar-refractivity contribution is 0.0323. The molecule has 1 aliphatic heterocycles. The summed E-state index contributed by atoms with van der Waals surface area (Å²) in [4.78, 5) is 33.0. The molecule has 2 heterocycles. The summed E-state index contributed by atoms with van der Waals surface area (Å²) < 4.78 is 5.32. The van der Waals surface area contributed by atoms with E-state index >= 15 is 0 Å². The number of aromatic carboxylic acids is 1. The normalized spacial score (nSPS) is 17.9. The van der Waals surface area contributed by atoms with Crippen LogP contribution in [0.15, 0.2) is 18.5 Å². The highest BCUT2D eigenvalue weighted by molar-refractivity contribution is 5.88.